The van der Waals surface area contributed by atoms with Crippen LogP contribution in [0.5, 0.6) is 5.75 Å². The lowest BCUT2D eigenvalue weighted by atomic mass is 10.1. The maximum Gasteiger partial charge on any atom is 0.249 e. The van der Waals surface area contributed by atoms with E-state index in [0.29, 0.717) is 18.3 Å². The summed E-state index contributed by atoms with van der Waals surface area (Å²) >= 11 is 0. The molecule has 0 bridgehead atoms. The van der Waals surface area contributed by atoms with Crippen LogP contribution < -0.4 is 10.5 Å². The van der Waals surface area contributed by atoms with Crippen LogP contribution in [0.1, 0.15) is 75.8 Å². The van der Waals surface area contributed by atoms with Gasteiger partial charge in [0.25, 0.3) is 0 Å². The summed E-state index contributed by atoms with van der Waals surface area (Å²) in [5.74, 6) is 1.97. The number of hydrogen-bond donors (Lipinski definition) is 2. The van der Waals surface area contributed by atoms with E-state index in [1.165, 1.54) is 32.1 Å². The van der Waals surface area contributed by atoms with Gasteiger partial charge in [0.15, 0.2) is 0 Å². The number of unbranched alkanes of at least 4 members (excludes halogenated alkanes) is 5. The Labute approximate surface area is 178 Å². The van der Waals surface area contributed by atoms with E-state index in [0.717, 1.165) is 42.7 Å². The molecule has 0 amide bonds. The van der Waals surface area contributed by atoms with E-state index in [1.807, 2.05) is 25.1 Å². The maximum absolute atomic E-state index is 8.97. The second-order valence-electron chi connectivity index (χ2n) is 7.86. The Morgan fingerprint density at radius 3 is 2.87 bits per heavy atom. The Hall–Kier alpha value is -2.77. The van der Waals surface area contributed by atoms with E-state index in [9.17, 15) is 0 Å². The average molecular weight is 416 g/mol. The molecule has 2 aromatic rings. The number of likely N-dealkylation sites (tertiary alicyclic amines) is 1. The quantitative estimate of drug-likeness (QED) is 0.191. The molecule has 1 fully saturated rings. The van der Waals surface area contributed by atoms with Crippen molar-refractivity contribution in [1.82, 2.24) is 15.0 Å². The minimum Gasteiger partial charge on any atom is -0.493 e. The van der Waals surface area contributed by atoms with Crippen LogP contribution in [-0.2, 0) is 0 Å². The van der Waals surface area contributed by atoms with Crippen molar-refractivity contribution >= 4 is 5.96 Å². The molecule has 1 saturated heterocycles. The van der Waals surface area contributed by atoms with E-state index >= 15 is 0 Å². The molecule has 1 aromatic heterocycles. The standard InChI is InChI=1S/C22H33N5O3/c1-3-4-5-6-7-8-14-29-19-12-11-17(15-16(19)2)20-24-21(30-26-20)18-10-9-13-27(18)22(23)25-28/h11-12,15,18,28H,3-10,13-14H2,1-2H3,(H2,23,25)/t18-/m0/s1. The fourth-order valence-electron chi connectivity index (χ4n) is 3.86. The molecule has 0 unspecified atom stereocenters. The summed E-state index contributed by atoms with van der Waals surface area (Å²) in [4.78, 5) is 6.34. The highest BCUT2D eigenvalue weighted by Crippen LogP contribution is 2.32. The molecule has 3 rings (SSSR count). The highest BCUT2D eigenvalue weighted by atomic mass is 16.5. The van der Waals surface area contributed by atoms with Crippen molar-refractivity contribution in [2.75, 3.05) is 13.2 Å². The lowest BCUT2D eigenvalue weighted by molar-refractivity contribution is 0.263. The molecule has 1 aromatic carbocycles. The van der Waals surface area contributed by atoms with E-state index in [1.54, 1.807) is 4.90 Å². The molecule has 2 heterocycles. The number of aryl methyl sites for hydroxylation is 1. The Bertz CT molecular complexity index is 836. The minimum atomic E-state index is -0.164. The molecule has 164 valence electrons. The van der Waals surface area contributed by atoms with Gasteiger partial charge in [-0.3, -0.25) is 0 Å². The first-order valence-corrected chi connectivity index (χ1v) is 11.0. The highest BCUT2D eigenvalue weighted by molar-refractivity contribution is 5.78. The Morgan fingerprint density at radius 1 is 1.30 bits per heavy atom. The summed E-state index contributed by atoms with van der Waals surface area (Å²) < 4.78 is 11.4. The fourth-order valence-corrected chi connectivity index (χ4v) is 3.86. The topological polar surface area (TPSA) is 110 Å². The lowest BCUT2D eigenvalue weighted by Crippen LogP contribution is -2.36. The van der Waals surface area contributed by atoms with E-state index < -0.39 is 0 Å². The number of benzene rings is 1. The van der Waals surface area contributed by atoms with Crippen LogP contribution in [0, 0.1) is 6.92 Å². The third-order valence-corrected chi connectivity index (χ3v) is 5.56. The van der Waals surface area contributed by atoms with Gasteiger partial charge in [-0.15, -0.1) is 0 Å². The van der Waals surface area contributed by atoms with Crippen LogP contribution in [0.4, 0.5) is 0 Å². The summed E-state index contributed by atoms with van der Waals surface area (Å²) in [7, 11) is 0. The minimum absolute atomic E-state index is 0.0694. The van der Waals surface area contributed by atoms with Crippen molar-refractivity contribution in [3.05, 3.63) is 29.7 Å². The summed E-state index contributed by atoms with van der Waals surface area (Å²) in [6, 6.07) is 5.77. The van der Waals surface area contributed by atoms with Gasteiger partial charge < -0.3 is 25.1 Å². The second-order valence-corrected chi connectivity index (χ2v) is 7.86. The number of aromatic nitrogens is 2. The number of rotatable bonds is 10. The van der Waals surface area contributed by atoms with Gasteiger partial charge in [-0.1, -0.05) is 49.3 Å². The molecule has 8 nitrogen and oxygen atoms in total. The number of guanidine groups is 1. The molecular formula is C22H33N5O3. The van der Waals surface area contributed by atoms with Gasteiger partial charge in [0.1, 0.15) is 11.8 Å². The second kappa shape index (κ2) is 10.8. The predicted octanol–water partition coefficient (Wildman–Crippen LogP) is 4.63. The lowest BCUT2D eigenvalue weighted by Gasteiger charge is -2.21. The smallest absolute Gasteiger partial charge is 0.249 e. The molecule has 3 N–H and O–H groups in total. The molecule has 30 heavy (non-hydrogen) atoms. The first-order valence-electron chi connectivity index (χ1n) is 11.0. The van der Waals surface area contributed by atoms with Crippen molar-refractivity contribution in [2.24, 2.45) is 10.9 Å². The van der Waals surface area contributed by atoms with E-state index in [2.05, 4.69) is 22.2 Å². The SMILES string of the molecule is CCCCCCCCOc1ccc(-c2noc([C@@H]3CCCN3/C(N)=N/O)n2)cc1C. The maximum atomic E-state index is 8.97. The number of nitrogens with two attached hydrogens (primary N) is 1. The summed E-state index contributed by atoms with van der Waals surface area (Å²) in [5.41, 5.74) is 7.69. The van der Waals surface area contributed by atoms with Gasteiger partial charge in [0.05, 0.1) is 6.61 Å². The molecule has 1 atom stereocenters. The number of oxime groups is 1. The largest absolute Gasteiger partial charge is 0.493 e. The van der Waals surface area contributed by atoms with Gasteiger partial charge in [0.2, 0.25) is 17.7 Å². The normalized spacial score (nSPS) is 16.9. The van der Waals surface area contributed by atoms with Crippen LogP contribution in [0.2, 0.25) is 0 Å². The summed E-state index contributed by atoms with van der Waals surface area (Å²) in [5, 5.41) is 16.2. The number of nitrogens with zero attached hydrogens (tertiary/aromatic N) is 4. The Morgan fingerprint density at radius 2 is 2.10 bits per heavy atom. The highest BCUT2D eigenvalue weighted by Gasteiger charge is 2.32. The van der Waals surface area contributed by atoms with Gasteiger partial charge in [-0.2, -0.15) is 4.98 Å². The summed E-state index contributed by atoms with van der Waals surface area (Å²) in [6.45, 7) is 5.70. The van der Waals surface area contributed by atoms with E-state index in [-0.39, 0.29) is 12.0 Å². The van der Waals surface area contributed by atoms with Crippen LogP contribution in [-0.4, -0.2) is 39.4 Å². The molecule has 1 aliphatic heterocycles. The fraction of sp³-hybridized carbons (Fsp3) is 0.591. The van der Waals surface area contributed by atoms with Gasteiger partial charge in [0, 0.05) is 12.1 Å². The number of ether oxygens (including phenoxy) is 1. The zero-order valence-electron chi connectivity index (χ0n) is 18.0. The molecule has 0 radical (unpaired) electrons. The van der Waals surface area contributed by atoms with Crippen molar-refractivity contribution in [3.63, 3.8) is 0 Å². The van der Waals surface area contributed by atoms with E-state index in [4.69, 9.17) is 20.2 Å². The number of hydrogen-bond acceptors (Lipinski definition) is 6. The first-order chi connectivity index (χ1) is 14.6. The van der Waals surface area contributed by atoms with Gasteiger partial charge in [-0.25, -0.2) is 0 Å². The van der Waals surface area contributed by atoms with Crippen LogP contribution >= 0.6 is 0 Å². The predicted molar refractivity (Wildman–Crippen MR) is 115 cm³/mol. The zero-order chi connectivity index (χ0) is 21.3. The molecule has 0 spiro atoms. The van der Waals surface area contributed by atoms with Crippen molar-refractivity contribution in [2.45, 2.75) is 71.3 Å². The molecule has 0 aliphatic carbocycles. The van der Waals surface area contributed by atoms with Crippen LogP contribution in [0.15, 0.2) is 27.9 Å². The third kappa shape index (κ3) is 5.43. The molecule has 0 saturated carbocycles. The average Bonchev–Trinajstić information content (AvgIpc) is 3.43. The molecular weight excluding hydrogens is 382 g/mol. The Kier molecular flexibility index (Phi) is 7.93. The summed E-state index contributed by atoms with van der Waals surface area (Å²) in [6.07, 6.45) is 9.22. The van der Waals surface area contributed by atoms with Crippen molar-refractivity contribution in [3.8, 4) is 17.1 Å². The van der Waals surface area contributed by atoms with Crippen molar-refractivity contribution in [1.29, 1.82) is 0 Å². The first kappa shape index (κ1) is 21.9. The van der Waals surface area contributed by atoms with Gasteiger partial charge in [-0.05, 0) is 49.9 Å². The van der Waals surface area contributed by atoms with Crippen LogP contribution in [0.25, 0.3) is 11.4 Å². The third-order valence-electron chi connectivity index (χ3n) is 5.56. The van der Waals surface area contributed by atoms with Crippen LogP contribution in [0.3, 0.4) is 0 Å². The van der Waals surface area contributed by atoms with Gasteiger partial charge >= 0.3 is 0 Å². The van der Waals surface area contributed by atoms with Crippen molar-refractivity contribution < 1.29 is 14.5 Å². The monoisotopic (exact) mass is 415 g/mol. The molecule has 1 aliphatic rings. The molecule has 8 heteroatoms. The Balaban J connectivity index is 1.58. The zero-order valence-corrected chi connectivity index (χ0v) is 18.0.